The van der Waals surface area contributed by atoms with Gasteiger partial charge < -0.3 is 91.7 Å². The number of rotatable bonds is 36. The molecule has 0 aromatic heterocycles. The number of thioether (sulfide) groups is 2. The van der Waals surface area contributed by atoms with Gasteiger partial charge in [0.2, 0.25) is 23.6 Å². The predicted octanol–water partition coefficient (Wildman–Crippen LogP) is 1.79. The molecule has 518 valence electrons. The molecule has 96 heavy (non-hydrogen) atoms. The Balaban J connectivity index is 0.752. The molecule has 12 atom stereocenters. The highest BCUT2D eigenvalue weighted by Gasteiger charge is 2.57. The van der Waals surface area contributed by atoms with E-state index in [1.54, 1.807) is 72.8 Å². The van der Waals surface area contributed by atoms with Gasteiger partial charge in [-0.25, -0.2) is 9.59 Å². The summed E-state index contributed by atoms with van der Waals surface area (Å²) in [6.45, 7) is 1.63. The summed E-state index contributed by atoms with van der Waals surface area (Å²) in [7, 11) is 0. The van der Waals surface area contributed by atoms with E-state index in [9.17, 15) is 79.2 Å². The van der Waals surface area contributed by atoms with Crippen LogP contribution in [0.25, 0.3) is 22.3 Å². The van der Waals surface area contributed by atoms with E-state index in [0.717, 1.165) is 47.2 Å². The topological polar surface area (TPSA) is 408 Å². The molecule has 2 aliphatic heterocycles. The van der Waals surface area contributed by atoms with Gasteiger partial charge in [0.15, 0.2) is 0 Å². The zero-order valence-electron chi connectivity index (χ0n) is 53.1. The summed E-state index contributed by atoms with van der Waals surface area (Å²) in [6.07, 6.45) is -14.4. The van der Waals surface area contributed by atoms with Gasteiger partial charge in [-0.3, -0.25) is 28.8 Å². The number of aliphatic hydroxyl groups is 6. The van der Waals surface area contributed by atoms with Crippen LogP contribution in [0.5, 0.6) is 0 Å². The highest BCUT2D eigenvalue weighted by atomic mass is 32.2. The number of carbonyl (C=O) groups excluding carboxylic acids is 6. The quantitative estimate of drug-likeness (QED) is 0.0254. The lowest BCUT2D eigenvalue weighted by atomic mass is 9.88. The van der Waals surface area contributed by atoms with Crippen LogP contribution in [0, 0.1) is 0 Å². The number of aliphatic hydroxyl groups excluding tert-OH is 6. The van der Waals surface area contributed by atoms with Gasteiger partial charge >= 0.3 is 11.9 Å². The molecule has 5 aromatic carbocycles. The Morgan fingerprint density at radius 3 is 1.17 bits per heavy atom. The maximum atomic E-state index is 13.0. The minimum absolute atomic E-state index is 0.0822. The summed E-state index contributed by atoms with van der Waals surface area (Å²) < 4.78 is 23.2. The van der Waals surface area contributed by atoms with Crippen LogP contribution in [0.4, 0.5) is 0 Å². The summed E-state index contributed by atoms with van der Waals surface area (Å²) in [6, 6.07) is 36.7. The van der Waals surface area contributed by atoms with Gasteiger partial charge in [0.1, 0.15) is 24.4 Å². The molecule has 26 nitrogen and oxygen atoms in total. The highest BCUT2D eigenvalue weighted by Crippen LogP contribution is 2.36. The Morgan fingerprint density at radius 1 is 0.490 bits per heavy atom. The normalized spacial score (nSPS) is 22.0. The smallest absolute Gasteiger partial charge is 0.364 e. The highest BCUT2D eigenvalue weighted by molar-refractivity contribution is 7.99. The maximum Gasteiger partial charge on any atom is 0.364 e. The van der Waals surface area contributed by atoms with E-state index >= 15 is 0 Å². The van der Waals surface area contributed by atoms with Gasteiger partial charge in [-0.05, 0) is 82.0 Å². The molecule has 0 saturated carbocycles. The zero-order chi connectivity index (χ0) is 69.4. The van der Waals surface area contributed by atoms with Crippen LogP contribution in [0.2, 0.25) is 0 Å². The number of carboxylic acids is 2. The first-order valence-electron chi connectivity index (χ1n) is 31.3. The van der Waals surface area contributed by atoms with Crippen molar-refractivity contribution in [2.45, 2.75) is 125 Å². The van der Waals surface area contributed by atoms with Crippen molar-refractivity contribution >= 4 is 70.9 Å². The molecule has 6 amide bonds. The molecule has 2 saturated heterocycles. The number of hydrogen-bond acceptors (Lipinski definition) is 20. The van der Waals surface area contributed by atoms with Crippen molar-refractivity contribution < 1.29 is 98.2 Å². The number of amides is 6. The average molecular weight is 1370 g/mol. The van der Waals surface area contributed by atoms with E-state index in [0.29, 0.717) is 48.9 Å². The van der Waals surface area contributed by atoms with Gasteiger partial charge in [0.05, 0.1) is 62.6 Å². The van der Waals surface area contributed by atoms with Crippen molar-refractivity contribution in [1.29, 1.82) is 0 Å². The number of nitrogens with one attached hydrogen (secondary N) is 6. The predicted molar refractivity (Wildman–Crippen MR) is 355 cm³/mol. The third kappa shape index (κ3) is 22.1. The molecular formula is C68H84N6O20S2. The number of carbonyl (C=O) groups is 8. The summed E-state index contributed by atoms with van der Waals surface area (Å²) in [5.41, 5.74) is 5.63. The average Bonchev–Trinajstić information content (AvgIpc) is 0.777. The summed E-state index contributed by atoms with van der Waals surface area (Å²) in [4.78, 5) is 101. The minimum atomic E-state index is -2.47. The van der Waals surface area contributed by atoms with Crippen molar-refractivity contribution in [3.8, 4) is 22.3 Å². The van der Waals surface area contributed by atoms with Gasteiger partial charge in [-0.1, -0.05) is 109 Å². The molecule has 2 unspecified atom stereocenters. The minimum Gasteiger partial charge on any atom is -0.477 e. The zero-order valence-corrected chi connectivity index (χ0v) is 54.7. The van der Waals surface area contributed by atoms with Crippen molar-refractivity contribution in [2.75, 3.05) is 62.4 Å². The molecule has 2 fully saturated rings. The van der Waals surface area contributed by atoms with E-state index < -0.39 is 134 Å². The van der Waals surface area contributed by atoms with Crippen LogP contribution in [-0.4, -0.2) is 223 Å². The van der Waals surface area contributed by atoms with Crippen molar-refractivity contribution in [1.82, 2.24) is 31.9 Å². The van der Waals surface area contributed by atoms with Crippen molar-refractivity contribution in [3.05, 3.63) is 156 Å². The van der Waals surface area contributed by atoms with Crippen LogP contribution >= 0.6 is 23.5 Å². The largest absolute Gasteiger partial charge is 0.477 e. The Hall–Kier alpha value is -7.84. The van der Waals surface area contributed by atoms with E-state index in [-0.39, 0.29) is 49.0 Å². The summed E-state index contributed by atoms with van der Waals surface area (Å²) >= 11 is 2.91. The first-order valence-corrected chi connectivity index (χ1v) is 33.7. The fourth-order valence-electron chi connectivity index (χ4n) is 10.9. The SMILES string of the molecule is CC(=O)N[C@@H]1[C@@H](O)C[C@](OCCCSCCNC(=O)Cc2ccc(CC(=O)NCCSCCCO[C@]3(C(=O)O)C[C@H](O)[C@@H](NC(C)=O)[C@H](C(O)[C@H](O)CNC(=O)c4ccc(-c5ccccc5)cc4)O3)cc2)(C(=O)O)O[C@H]1C(O)[C@H](O)CNC(=O)c1ccc(-c2ccccc2)cc1. The van der Waals surface area contributed by atoms with Crippen molar-refractivity contribution in [2.24, 2.45) is 0 Å². The monoisotopic (exact) mass is 1370 g/mol. The molecule has 0 radical (unpaired) electrons. The Bertz CT molecular complexity index is 3140. The van der Waals surface area contributed by atoms with Gasteiger partial charge in [0.25, 0.3) is 23.4 Å². The van der Waals surface area contributed by atoms with E-state index in [4.69, 9.17) is 18.9 Å². The molecule has 0 aliphatic carbocycles. The lowest BCUT2D eigenvalue weighted by Crippen LogP contribution is -2.68. The summed E-state index contributed by atoms with van der Waals surface area (Å²) in [5, 5.41) is 103. The molecular weight excluding hydrogens is 1280 g/mol. The fourth-order valence-corrected chi connectivity index (χ4v) is 12.4. The maximum absolute atomic E-state index is 13.0. The molecule has 0 spiro atoms. The van der Waals surface area contributed by atoms with Crippen LogP contribution in [0.1, 0.15) is 71.4 Å². The number of benzene rings is 5. The van der Waals surface area contributed by atoms with Crippen LogP contribution in [0.3, 0.4) is 0 Å². The van der Waals surface area contributed by atoms with Crippen LogP contribution in [-0.2, 0) is 60.6 Å². The lowest BCUT2D eigenvalue weighted by Gasteiger charge is -2.46. The molecule has 28 heteroatoms. The summed E-state index contributed by atoms with van der Waals surface area (Å²) in [5.74, 6) is -9.07. The second-order valence-electron chi connectivity index (χ2n) is 23.2. The van der Waals surface area contributed by atoms with Crippen molar-refractivity contribution in [3.63, 3.8) is 0 Å². The number of aliphatic carboxylic acids is 2. The molecule has 5 aromatic rings. The number of carboxylic acid groups (broad SMARTS) is 2. The second-order valence-corrected chi connectivity index (χ2v) is 25.6. The third-order valence-corrected chi connectivity index (χ3v) is 18.0. The van der Waals surface area contributed by atoms with E-state index in [2.05, 4.69) is 31.9 Å². The molecule has 14 N–H and O–H groups in total. The number of hydrogen-bond donors (Lipinski definition) is 14. The van der Waals surface area contributed by atoms with Crippen LogP contribution in [0.15, 0.2) is 133 Å². The first kappa shape index (κ1) is 75.5. The second kappa shape index (κ2) is 37.0. The molecule has 2 heterocycles. The third-order valence-electron chi connectivity index (χ3n) is 15.9. The Labute approximate surface area is 563 Å². The van der Waals surface area contributed by atoms with E-state index in [1.807, 2.05) is 60.7 Å². The molecule has 0 bridgehead atoms. The lowest BCUT2D eigenvalue weighted by molar-refractivity contribution is -0.310. The Kier molecular flexibility index (Phi) is 29.1. The molecule has 7 rings (SSSR count). The standard InChI is InChI=1S/C68H84N6O20S2/c1-41(75)73-57-51(77)37-67(65(87)88,93-61(57)59(83)53(79)39-71-63(85)49-23-19-47(20-24-49)45-11-5-3-6-12-45)91-29-9-31-95-33-27-69-55(81)35-43-15-17-44(18-16-43)36-56(82)70-28-34-96-32-10-30-92-68(66(89)90)38-52(78)58(74-42(2)76)62(94-68)60(84)54(80)40-72-64(86)50-25-21-48(22-26-50)46-13-7-4-8-14-46/h3-8,11-26,51-54,57-62,77-80,83-84H,9-10,27-40H2,1-2H3,(H,69,81)(H,70,82)(H,71,85)(H,72,86)(H,73,75)(H,74,76)(H,87,88)(H,89,90)/t51-,52-,53+,54+,57+,58+,59?,60?,61+,62+,67+,68+/m0/s1. The van der Waals surface area contributed by atoms with E-state index in [1.165, 1.54) is 23.5 Å². The number of ether oxygens (including phenoxy) is 4. The van der Waals surface area contributed by atoms with Gasteiger partial charge in [0, 0.05) is 75.5 Å². The van der Waals surface area contributed by atoms with Crippen LogP contribution < -0.4 is 31.9 Å². The first-order chi connectivity index (χ1) is 46.0. The Morgan fingerprint density at radius 2 is 0.833 bits per heavy atom. The molecule has 2 aliphatic rings. The fraction of sp³-hybridized carbons (Fsp3) is 0.441. The van der Waals surface area contributed by atoms with Gasteiger partial charge in [-0.2, -0.15) is 23.5 Å². The van der Waals surface area contributed by atoms with Gasteiger partial charge in [-0.15, -0.1) is 0 Å².